The molecular formula is C11H7N3OS. The van der Waals surface area contributed by atoms with E-state index in [4.69, 9.17) is 5.21 Å². The molecule has 0 saturated carbocycles. The standard InChI is InChI=1S/C11H7N3OS/c15-13-7-10-8-16-11(14-10)4-3-9-2-1-5-12-6-9/h1-2,5-8,15H/b13-7-. The lowest BCUT2D eigenvalue weighted by Crippen LogP contribution is -1.81. The van der Waals surface area contributed by atoms with E-state index in [1.807, 2.05) is 12.1 Å². The zero-order valence-corrected chi connectivity index (χ0v) is 8.98. The third-order valence-corrected chi connectivity index (χ3v) is 2.46. The molecule has 0 aliphatic heterocycles. The quantitative estimate of drug-likeness (QED) is 0.351. The van der Waals surface area contributed by atoms with Gasteiger partial charge in [0.15, 0.2) is 5.01 Å². The average Bonchev–Trinajstić information content (AvgIpc) is 2.76. The van der Waals surface area contributed by atoms with Gasteiger partial charge in [-0.2, -0.15) is 0 Å². The molecule has 2 aromatic rings. The van der Waals surface area contributed by atoms with Gasteiger partial charge in [0.25, 0.3) is 0 Å². The molecule has 16 heavy (non-hydrogen) atoms. The maximum absolute atomic E-state index is 8.33. The summed E-state index contributed by atoms with van der Waals surface area (Å²) < 4.78 is 0. The Bertz CT molecular complexity index is 551. The summed E-state index contributed by atoms with van der Waals surface area (Å²) >= 11 is 1.40. The predicted molar refractivity (Wildman–Crippen MR) is 61.7 cm³/mol. The summed E-state index contributed by atoms with van der Waals surface area (Å²) in [6.07, 6.45) is 4.66. The van der Waals surface area contributed by atoms with Gasteiger partial charge >= 0.3 is 0 Å². The number of thiazole rings is 1. The molecule has 2 heterocycles. The summed E-state index contributed by atoms with van der Waals surface area (Å²) in [4.78, 5) is 8.09. The number of nitrogens with zero attached hydrogens (tertiary/aromatic N) is 3. The maximum Gasteiger partial charge on any atom is 0.167 e. The van der Waals surface area contributed by atoms with Crippen molar-refractivity contribution in [2.24, 2.45) is 5.16 Å². The molecule has 0 amide bonds. The van der Waals surface area contributed by atoms with Crippen molar-refractivity contribution in [2.75, 3.05) is 0 Å². The number of rotatable bonds is 1. The van der Waals surface area contributed by atoms with Crippen LogP contribution in [0.2, 0.25) is 0 Å². The van der Waals surface area contributed by atoms with E-state index in [1.165, 1.54) is 17.6 Å². The Labute approximate surface area is 96.3 Å². The first-order chi connectivity index (χ1) is 7.88. The molecule has 0 radical (unpaired) electrons. The molecule has 0 aliphatic rings. The number of aromatic nitrogens is 2. The zero-order chi connectivity index (χ0) is 11.2. The highest BCUT2D eigenvalue weighted by Gasteiger charge is 1.95. The summed E-state index contributed by atoms with van der Waals surface area (Å²) in [6, 6.07) is 3.71. The van der Waals surface area contributed by atoms with E-state index >= 15 is 0 Å². The minimum Gasteiger partial charge on any atom is -0.411 e. The van der Waals surface area contributed by atoms with E-state index in [2.05, 4.69) is 27.0 Å². The molecule has 2 rings (SSSR count). The molecular weight excluding hydrogens is 222 g/mol. The number of hydrogen-bond acceptors (Lipinski definition) is 5. The minimum absolute atomic E-state index is 0.600. The molecule has 2 aromatic heterocycles. The van der Waals surface area contributed by atoms with E-state index in [0.717, 1.165) is 5.56 Å². The molecule has 5 heteroatoms. The molecule has 0 bridgehead atoms. The van der Waals surface area contributed by atoms with Crippen molar-refractivity contribution < 1.29 is 5.21 Å². The van der Waals surface area contributed by atoms with Crippen LogP contribution in [0.15, 0.2) is 35.1 Å². The summed E-state index contributed by atoms with van der Waals surface area (Å²) in [5, 5.41) is 13.7. The van der Waals surface area contributed by atoms with Gasteiger partial charge in [-0.1, -0.05) is 11.1 Å². The smallest absolute Gasteiger partial charge is 0.167 e. The highest BCUT2D eigenvalue weighted by molar-refractivity contribution is 7.10. The van der Waals surface area contributed by atoms with Gasteiger partial charge in [-0.25, -0.2) is 4.98 Å². The molecule has 0 aromatic carbocycles. The van der Waals surface area contributed by atoms with Crippen molar-refractivity contribution in [3.05, 3.63) is 46.2 Å². The van der Waals surface area contributed by atoms with Crippen LogP contribution in [-0.2, 0) is 0 Å². The monoisotopic (exact) mass is 229 g/mol. The number of pyridine rings is 1. The normalized spacial score (nSPS) is 10.0. The first-order valence-electron chi connectivity index (χ1n) is 4.43. The van der Waals surface area contributed by atoms with Crippen LogP contribution in [-0.4, -0.2) is 21.4 Å². The largest absolute Gasteiger partial charge is 0.411 e. The second-order valence-electron chi connectivity index (χ2n) is 2.81. The van der Waals surface area contributed by atoms with Crippen LogP contribution in [0.4, 0.5) is 0 Å². The van der Waals surface area contributed by atoms with E-state index < -0.39 is 0 Å². The Kier molecular flexibility index (Phi) is 3.26. The van der Waals surface area contributed by atoms with E-state index in [1.54, 1.807) is 17.8 Å². The first kappa shape index (κ1) is 10.3. The summed E-state index contributed by atoms with van der Waals surface area (Å²) in [5.41, 5.74) is 1.44. The third-order valence-electron chi connectivity index (χ3n) is 1.69. The molecule has 0 fully saturated rings. The van der Waals surface area contributed by atoms with E-state index in [-0.39, 0.29) is 0 Å². The fraction of sp³-hybridized carbons (Fsp3) is 0. The summed E-state index contributed by atoms with van der Waals surface area (Å²) in [5.74, 6) is 5.86. The van der Waals surface area contributed by atoms with Gasteiger partial charge in [-0.3, -0.25) is 4.98 Å². The number of oxime groups is 1. The van der Waals surface area contributed by atoms with Crippen molar-refractivity contribution >= 4 is 17.6 Å². The Morgan fingerprint density at radius 3 is 3.12 bits per heavy atom. The van der Waals surface area contributed by atoms with Crippen LogP contribution >= 0.6 is 11.3 Å². The van der Waals surface area contributed by atoms with Gasteiger partial charge in [0.1, 0.15) is 0 Å². The molecule has 0 aliphatic carbocycles. The van der Waals surface area contributed by atoms with Gasteiger partial charge in [0, 0.05) is 23.3 Å². The molecule has 1 N–H and O–H groups in total. The molecule has 0 spiro atoms. The fourth-order valence-electron chi connectivity index (χ4n) is 1.02. The fourth-order valence-corrected chi connectivity index (χ4v) is 1.64. The highest BCUT2D eigenvalue weighted by atomic mass is 32.1. The van der Waals surface area contributed by atoms with Crippen LogP contribution in [0.5, 0.6) is 0 Å². The van der Waals surface area contributed by atoms with Gasteiger partial charge in [0.2, 0.25) is 0 Å². The van der Waals surface area contributed by atoms with Crippen LogP contribution in [0.1, 0.15) is 16.3 Å². The lowest BCUT2D eigenvalue weighted by molar-refractivity contribution is 0.321. The predicted octanol–water partition coefficient (Wildman–Crippen LogP) is 1.75. The zero-order valence-electron chi connectivity index (χ0n) is 8.16. The molecule has 0 saturated heterocycles. The van der Waals surface area contributed by atoms with Gasteiger partial charge in [-0.05, 0) is 18.1 Å². The molecule has 4 nitrogen and oxygen atoms in total. The Balaban J connectivity index is 2.18. The van der Waals surface area contributed by atoms with Crippen LogP contribution in [0.25, 0.3) is 0 Å². The van der Waals surface area contributed by atoms with Gasteiger partial charge in [-0.15, -0.1) is 11.3 Å². The minimum atomic E-state index is 0.600. The van der Waals surface area contributed by atoms with Crippen LogP contribution in [0, 0.1) is 11.8 Å². The van der Waals surface area contributed by atoms with Crippen LogP contribution < -0.4 is 0 Å². The topological polar surface area (TPSA) is 58.4 Å². The Morgan fingerprint density at radius 2 is 2.38 bits per heavy atom. The average molecular weight is 229 g/mol. The Morgan fingerprint density at radius 1 is 1.44 bits per heavy atom. The van der Waals surface area contributed by atoms with Crippen molar-refractivity contribution in [1.82, 2.24) is 9.97 Å². The SMILES string of the molecule is O/N=C\c1csc(C#Cc2cccnc2)n1. The lowest BCUT2D eigenvalue weighted by atomic mass is 10.3. The van der Waals surface area contributed by atoms with Crippen molar-refractivity contribution in [2.45, 2.75) is 0 Å². The highest BCUT2D eigenvalue weighted by Crippen LogP contribution is 2.06. The van der Waals surface area contributed by atoms with Gasteiger partial charge in [0.05, 0.1) is 11.9 Å². The summed E-state index contributed by atoms with van der Waals surface area (Å²) in [6.45, 7) is 0. The molecule has 0 unspecified atom stereocenters. The molecule has 0 atom stereocenters. The van der Waals surface area contributed by atoms with E-state index in [0.29, 0.717) is 10.7 Å². The third kappa shape index (κ3) is 2.65. The maximum atomic E-state index is 8.33. The van der Waals surface area contributed by atoms with Gasteiger partial charge < -0.3 is 5.21 Å². The van der Waals surface area contributed by atoms with Crippen molar-refractivity contribution in [3.63, 3.8) is 0 Å². The van der Waals surface area contributed by atoms with Crippen molar-refractivity contribution in [1.29, 1.82) is 0 Å². The lowest BCUT2D eigenvalue weighted by Gasteiger charge is -1.84. The summed E-state index contributed by atoms with van der Waals surface area (Å²) in [7, 11) is 0. The molecule has 78 valence electrons. The van der Waals surface area contributed by atoms with E-state index in [9.17, 15) is 0 Å². The number of hydrogen-bond donors (Lipinski definition) is 1. The van der Waals surface area contributed by atoms with Crippen LogP contribution in [0.3, 0.4) is 0 Å². The van der Waals surface area contributed by atoms with Crippen molar-refractivity contribution in [3.8, 4) is 11.8 Å². The first-order valence-corrected chi connectivity index (χ1v) is 5.31. The Hall–Kier alpha value is -2.19. The second kappa shape index (κ2) is 5.05. The second-order valence-corrected chi connectivity index (χ2v) is 3.67.